The first-order chi connectivity index (χ1) is 4.56. The van der Waals surface area contributed by atoms with Crippen LogP contribution in [0.3, 0.4) is 0 Å². The summed E-state index contributed by atoms with van der Waals surface area (Å²) in [6, 6.07) is -0.676. The molecule has 5 heteroatoms. The van der Waals surface area contributed by atoms with Crippen LogP contribution in [0.25, 0.3) is 0 Å². The molecule has 0 aromatic carbocycles. The van der Waals surface area contributed by atoms with Gasteiger partial charge in [-0.25, -0.2) is 8.78 Å². The average Bonchev–Trinajstić information content (AvgIpc) is 2.08. The lowest BCUT2D eigenvalue weighted by Crippen LogP contribution is -2.37. The average molecular weight is 153 g/mol. The van der Waals surface area contributed by atoms with E-state index in [1.807, 2.05) is 0 Å². The van der Waals surface area contributed by atoms with Crippen LogP contribution >= 0.6 is 0 Å². The summed E-state index contributed by atoms with van der Waals surface area (Å²) in [5, 5.41) is 19.1. The molecule has 0 saturated carbocycles. The lowest BCUT2D eigenvalue weighted by molar-refractivity contribution is -0.0925. The van der Waals surface area contributed by atoms with E-state index in [-0.39, 0.29) is 6.61 Å². The molecule has 0 aromatic rings. The SMILES string of the molecule is OC[C@H]1CC(F)(F)C(O)N1. The van der Waals surface area contributed by atoms with Crippen molar-refractivity contribution in [1.82, 2.24) is 5.32 Å². The molecule has 0 amide bonds. The fourth-order valence-corrected chi connectivity index (χ4v) is 0.962. The largest absolute Gasteiger partial charge is 0.395 e. The lowest BCUT2D eigenvalue weighted by Gasteiger charge is -2.10. The van der Waals surface area contributed by atoms with Gasteiger partial charge in [-0.15, -0.1) is 0 Å². The first-order valence-electron chi connectivity index (χ1n) is 2.99. The third-order valence-electron chi connectivity index (χ3n) is 1.53. The molecule has 3 nitrogen and oxygen atoms in total. The van der Waals surface area contributed by atoms with E-state index in [9.17, 15) is 8.78 Å². The first-order valence-corrected chi connectivity index (χ1v) is 2.99. The zero-order valence-corrected chi connectivity index (χ0v) is 5.22. The Hall–Kier alpha value is -0.260. The summed E-state index contributed by atoms with van der Waals surface area (Å²) in [5.41, 5.74) is 0. The zero-order chi connectivity index (χ0) is 7.78. The number of nitrogens with one attached hydrogen (secondary N) is 1. The molecule has 0 bridgehead atoms. The van der Waals surface area contributed by atoms with Gasteiger partial charge in [-0.3, -0.25) is 5.32 Å². The summed E-state index contributed by atoms with van der Waals surface area (Å²) in [6.07, 6.45) is -2.30. The van der Waals surface area contributed by atoms with Gasteiger partial charge in [-0.2, -0.15) is 0 Å². The Kier molecular flexibility index (Phi) is 1.89. The van der Waals surface area contributed by atoms with E-state index in [0.717, 1.165) is 0 Å². The number of rotatable bonds is 1. The maximum Gasteiger partial charge on any atom is 0.288 e. The van der Waals surface area contributed by atoms with Crippen molar-refractivity contribution in [2.45, 2.75) is 24.6 Å². The van der Waals surface area contributed by atoms with Crippen molar-refractivity contribution in [3.8, 4) is 0 Å². The van der Waals surface area contributed by atoms with Crippen LogP contribution in [0.5, 0.6) is 0 Å². The van der Waals surface area contributed by atoms with Crippen molar-refractivity contribution in [1.29, 1.82) is 0 Å². The maximum atomic E-state index is 12.4. The molecule has 1 aliphatic heterocycles. The predicted octanol–water partition coefficient (Wildman–Crippen LogP) is -0.706. The molecule has 1 aliphatic rings. The highest BCUT2D eigenvalue weighted by Crippen LogP contribution is 2.29. The van der Waals surface area contributed by atoms with Crippen molar-refractivity contribution in [3.63, 3.8) is 0 Å². The Morgan fingerprint density at radius 2 is 2.20 bits per heavy atom. The molecule has 1 rings (SSSR count). The van der Waals surface area contributed by atoms with Crippen LogP contribution < -0.4 is 5.32 Å². The standard InChI is InChI=1S/C5H9F2NO2/c6-5(7)1-3(2-9)8-4(5)10/h3-4,8-10H,1-2H2/t3-,4?/m1/s1. The van der Waals surface area contributed by atoms with Gasteiger partial charge in [0.1, 0.15) is 0 Å². The molecule has 0 aliphatic carbocycles. The predicted molar refractivity (Wildman–Crippen MR) is 29.6 cm³/mol. The maximum absolute atomic E-state index is 12.4. The van der Waals surface area contributed by atoms with Crippen LogP contribution in [-0.4, -0.2) is 35.0 Å². The highest BCUT2D eigenvalue weighted by molar-refractivity contribution is 4.90. The molecule has 1 fully saturated rings. The van der Waals surface area contributed by atoms with Crippen molar-refractivity contribution in [2.24, 2.45) is 0 Å². The summed E-state index contributed by atoms with van der Waals surface area (Å²) in [5.74, 6) is -3.09. The Labute approximate surface area is 56.7 Å². The Bertz CT molecular complexity index is 131. The van der Waals surface area contributed by atoms with Gasteiger partial charge in [-0.05, 0) is 0 Å². The van der Waals surface area contributed by atoms with Crippen LogP contribution in [0.2, 0.25) is 0 Å². The highest BCUT2D eigenvalue weighted by atomic mass is 19.3. The molecule has 1 unspecified atom stereocenters. The number of hydrogen-bond donors (Lipinski definition) is 3. The molecule has 0 radical (unpaired) electrons. The second-order valence-electron chi connectivity index (χ2n) is 2.41. The van der Waals surface area contributed by atoms with Gasteiger partial charge < -0.3 is 10.2 Å². The second kappa shape index (κ2) is 2.41. The fourth-order valence-electron chi connectivity index (χ4n) is 0.962. The van der Waals surface area contributed by atoms with Gasteiger partial charge in [0, 0.05) is 12.5 Å². The van der Waals surface area contributed by atoms with Gasteiger partial charge in [0.15, 0.2) is 6.23 Å². The van der Waals surface area contributed by atoms with Crippen LogP contribution in [0.1, 0.15) is 6.42 Å². The van der Waals surface area contributed by atoms with Crippen LogP contribution in [0, 0.1) is 0 Å². The summed E-state index contributed by atoms with van der Waals surface area (Å²) in [7, 11) is 0. The number of aliphatic hydroxyl groups excluding tert-OH is 2. The monoisotopic (exact) mass is 153 g/mol. The molecule has 0 spiro atoms. The summed E-state index contributed by atoms with van der Waals surface area (Å²) in [6.45, 7) is -0.368. The van der Waals surface area contributed by atoms with Crippen molar-refractivity contribution in [2.75, 3.05) is 6.61 Å². The summed E-state index contributed by atoms with van der Waals surface area (Å²) >= 11 is 0. The molecular formula is C5H9F2NO2. The van der Waals surface area contributed by atoms with Gasteiger partial charge >= 0.3 is 0 Å². The second-order valence-corrected chi connectivity index (χ2v) is 2.41. The summed E-state index contributed by atoms with van der Waals surface area (Å²) < 4.78 is 24.7. The quantitative estimate of drug-likeness (QED) is 0.466. The number of halogens is 2. The van der Waals surface area contributed by atoms with E-state index in [4.69, 9.17) is 10.2 Å². The third-order valence-corrected chi connectivity index (χ3v) is 1.53. The molecule has 10 heavy (non-hydrogen) atoms. The minimum absolute atomic E-state index is 0.368. The molecular weight excluding hydrogens is 144 g/mol. The molecule has 1 heterocycles. The Balaban J connectivity index is 2.53. The first kappa shape index (κ1) is 7.84. The minimum atomic E-state index is -3.09. The van der Waals surface area contributed by atoms with Crippen LogP contribution in [-0.2, 0) is 0 Å². The normalized spacial score (nSPS) is 38.4. The van der Waals surface area contributed by atoms with Crippen molar-refractivity contribution in [3.05, 3.63) is 0 Å². The molecule has 0 aromatic heterocycles. The molecule has 1 saturated heterocycles. The van der Waals surface area contributed by atoms with Gasteiger partial charge in [0.05, 0.1) is 6.61 Å². The van der Waals surface area contributed by atoms with Crippen molar-refractivity contribution < 1.29 is 19.0 Å². The van der Waals surface area contributed by atoms with Gasteiger partial charge in [0.2, 0.25) is 0 Å². The van der Waals surface area contributed by atoms with Gasteiger partial charge in [-0.1, -0.05) is 0 Å². The lowest BCUT2D eigenvalue weighted by atomic mass is 10.2. The van der Waals surface area contributed by atoms with E-state index < -0.39 is 24.6 Å². The van der Waals surface area contributed by atoms with E-state index in [0.29, 0.717) is 0 Å². The third kappa shape index (κ3) is 1.25. The van der Waals surface area contributed by atoms with E-state index in [1.54, 1.807) is 0 Å². The zero-order valence-electron chi connectivity index (χ0n) is 5.22. The highest BCUT2D eigenvalue weighted by Gasteiger charge is 2.47. The summed E-state index contributed by atoms with van der Waals surface area (Å²) in [4.78, 5) is 0. The smallest absolute Gasteiger partial charge is 0.288 e. The van der Waals surface area contributed by atoms with E-state index in [2.05, 4.69) is 5.32 Å². The number of hydrogen-bond acceptors (Lipinski definition) is 3. The minimum Gasteiger partial charge on any atom is -0.395 e. The number of aliphatic hydroxyl groups is 2. The number of alkyl halides is 2. The van der Waals surface area contributed by atoms with Crippen LogP contribution in [0.15, 0.2) is 0 Å². The topological polar surface area (TPSA) is 52.5 Å². The molecule has 2 atom stereocenters. The van der Waals surface area contributed by atoms with E-state index >= 15 is 0 Å². The van der Waals surface area contributed by atoms with Gasteiger partial charge in [0.25, 0.3) is 5.92 Å². The van der Waals surface area contributed by atoms with E-state index in [1.165, 1.54) is 0 Å². The fraction of sp³-hybridized carbons (Fsp3) is 1.00. The molecule has 60 valence electrons. The molecule has 3 N–H and O–H groups in total. The van der Waals surface area contributed by atoms with Crippen LogP contribution in [0.4, 0.5) is 8.78 Å². The van der Waals surface area contributed by atoms with Crippen molar-refractivity contribution >= 4 is 0 Å². The Morgan fingerprint density at radius 1 is 1.60 bits per heavy atom. The Morgan fingerprint density at radius 3 is 2.40 bits per heavy atom.